The van der Waals surface area contributed by atoms with Gasteiger partial charge in [0.2, 0.25) is 10.0 Å². The van der Waals surface area contributed by atoms with Crippen LogP contribution in [0.1, 0.15) is 5.56 Å². The van der Waals surface area contributed by atoms with Crippen LogP contribution in [0.25, 0.3) is 0 Å². The number of nitrogens with one attached hydrogen (secondary N) is 1. The summed E-state index contributed by atoms with van der Waals surface area (Å²) in [7, 11) is -1.72. The maximum absolute atomic E-state index is 13.7. The molecular formula is C10H11FN2O2S2. The van der Waals surface area contributed by atoms with Crippen LogP contribution in [0, 0.1) is 5.82 Å². The monoisotopic (exact) mass is 274 g/mol. The smallest absolute Gasteiger partial charge is 0.229 e. The van der Waals surface area contributed by atoms with Crippen molar-refractivity contribution < 1.29 is 12.8 Å². The van der Waals surface area contributed by atoms with E-state index in [0.29, 0.717) is 17.1 Å². The number of benzene rings is 1. The van der Waals surface area contributed by atoms with E-state index >= 15 is 0 Å². The minimum atomic E-state index is -3.48. The first-order valence-corrected chi connectivity index (χ1v) is 7.14. The van der Waals surface area contributed by atoms with Crippen molar-refractivity contribution >= 4 is 38.6 Å². The minimum absolute atomic E-state index is 0.0376. The summed E-state index contributed by atoms with van der Waals surface area (Å²) in [5.74, 6) is -0.606. The van der Waals surface area contributed by atoms with Gasteiger partial charge in [0.05, 0.1) is 16.9 Å². The second-order valence-electron chi connectivity index (χ2n) is 3.96. The van der Waals surface area contributed by atoms with Crippen molar-refractivity contribution in [1.82, 2.24) is 0 Å². The maximum Gasteiger partial charge on any atom is 0.229 e. The normalized spacial score (nSPS) is 15.0. The summed E-state index contributed by atoms with van der Waals surface area (Å²) in [4.78, 5) is 2.41. The van der Waals surface area contributed by atoms with Gasteiger partial charge < -0.3 is 4.90 Å². The van der Waals surface area contributed by atoms with Crippen LogP contribution in [0.2, 0.25) is 0 Å². The van der Waals surface area contributed by atoms with Crippen LogP contribution in [-0.2, 0) is 16.4 Å². The van der Waals surface area contributed by atoms with Gasteiger partial charge in [-0.3, -0.25) is 4.72 Å². The molecule has 0 aromatic heterocycles. The van der Waals surface area contributed by atoms with Crippen molar-refractivity contribution in [2.24, 2.45) is 0 Å². The Morgan fingerprint density at radius 3 is 2.71 bits per heavy atom. The standard InChI is InChI=1S/C10H11FN2O2S2/c1-13-9-5-7(11)8(12-17(2,14)15)3-6(9)4-10(13)16/h3,5,12H,4H2,1-2H3. The number of sulfonamides is 1. The van der Waals surface area contributed by atoms with Gasteiger partial charge in [-0.1, -0.05) is 12.2 Å². The van der Waals surface area contributed by atoms with Gasteiger partial charge in [-0.15, -0.1) is 0 Å². The van der Waals surface area contributed by atoms with E-state index < -0.39 is 15.8 Å². The van der Waals surface area contributed by atoms with E-state index in [0.717, 1.165) is 11.8 Å². The van der Waals surface area contributed by atoms with Crippen molar-refractivity contribution in [3.8, 4) is 0 Å². The van der Waals surface area contributed by atoms with Crippen LogP contribution in [0.4, 0.5) is 15.8 Å². The molecule has 0 amide bonds. The zero-order chi connectivity index (χ0) is 12.8. The minimum Gasteiger partial charge on any atom is -0.339 e. The van der Waals surface area contributed by atoms with Gasteiger partial charge in [0, 0.05) is 19.2 Å². The van der Waals surface area contributed by atoms with E-state index in [-0.39, 0.29) is 5.69 Å². The fourth-order valence-electron chi connectivity index (χ4n) is 1.76. The van der Waals surface area contributed by atoms with Crippen molar-refractivity contribution in [2.45, 2.75) is 6.42 Å². The molecule has 0 fully saturated rings. The molecule has 0 saturated carbocycles. The fraction of sp³-hybridized carbons (Fsp3) is 0.300. The number of thiocarbonyl (C=S) groups is 1. The summed E-state index contributed by atoms with van der Waals surface area (Å²) >= 11 is 5.11. The third-order valence-electron chi connectivity index (χ3n) is 2.54. The van der Waals surface area contributed by atoms with Crippen molar-refractivity contribution in [1.29, 1.82) is 0 Å². The van der Waals surface area contributed by atoms with Gasteiger partial charge in [0.15, 0.2) is 0 Å². The zero-order valence-corrected chi connectivity index (χ0v) is 11.0. The average Bonchev–Trinajstić information content (AvgIpc) is 2.43. The van der Waals surface area contributed by atoms with Crippen LogP contribution < -0.4 is 9.62 Å². The summed E-state index contributed by atoms with van der Waals surface area (Å²) in [5.41, 5.74) is 1.47. The van der Waals surface area contributed by atoms with Gasteiger partial charge in [0.1, 0.15) is 5.82 Å². The Morgan fingerprint density at radius 2 is 2.12 bits per heavy atom. The molecule has 0 saturated heterocycles. The first kappa shape index (κ1) is 12.3. The zero-order valence-electron chi connectivity index (χ0n) is 9.32. The predicted molar refractivity (Wildman–Crippen MR) is 69.6 cm³/mol. The van der Waals surface area contributed by atoms with Crippen molar-refractivity contribution in [2.75, 3.05) is 22.9 Å². The lowest BCUT2D eigenvalue weighted by Gasteiger charge is -2.13. The Bertz CT molecular complexity index is 599. The topological polar surface area (TPSA) is 49.4 Å². The lowest BCUT2D eigenvalue weighted by atomic mass is 10.1. The molecule has 0 bridgehead atoms. The van der Waals surface area contributed by atoms with Crippen molar-refractivity contribution in [3.05, 3.63) is 23.5 Å². The largest absolute Gasteiger partial charge is 0.339 e. The summed E-state index contributed by atoms with van der Waals surface area (Å²) in [6.07, 6.45) is 1.51. The van der Waals surface area contributed by atoms with Gasteiger partial charge >= 0.3 is 0 Å². The molecule has 0 radical (unpaired) electrons. The van der Waals surface area contributed by atoms with E-state index in [4.69, 9.17) is 12.2 Å². The summed E-state index contributed by atoms with van der Waals surface area (Å²) < 4.78 is 38.0. The number of likely N-dealkylation sites (N-methyl/N-ethyl adjacent to an activating group) is 1. The number of anilines is 2. The molecule has 1 aliphatic rings. The number of rotatable bonds is 2. The van der Waals surface area contributed by atoms with Gasteiger partial charge in [0.25, 0.3) is 0 Å². The SMILES string of the molecule is CN1C(=S)Cc2cc(NS(C)(=O)=O)c(F)cc21. The number of hydrogen-bond acceptors (Lipinski definition) is 3. The molecule has 17 heavy (non-hydrogen) atoms. The van der Waals surface area contributed by atoms with Crippen LogP contribution >= 0.6 is 12.2 Å². The molecule has 1 aromatic rings. The van der Waals surface area contributed by atoms with E-state index in [1.54, 1.807) is 11.9 Å². The molecule has 1 aromatic carbocycles. The Morgan fingerprint density at radius 1 is 1.47 bits per heavy atom. The first-order chi connectivity index (χ1) is 7.78. The molecule has 7 heteroatoms. The second-order valence-corrected chi connectivity index (χ2v) is 6.18. The molecule has 1 aliphatic heterocycles. The van der Waals surface area contributed by atoms with Crippen LogP contribution in [0.15, 0.2) is 12.1 Å². The van der Waals surface area contributed by atoms with Crippen LogP contribution in [0.5, 0.6) is 0 Å². The molecule has 0 aliphatic carbocycles. The predicted octanol–water partition coefficient (Wildman–Crippen LogP) is 1.52. The lowest BCUT2D eigenvalue weighted by Crippen LogP contribution is -2.18. The van der Waals surface area contributed by atoms with Gasteiger partial charge in [-0.2, -0.15) is 0 Å². The average molecular weight is 274 g/mol. The summed E-state index contributed by atoms with van der Waals surface area (Å²) in [6, 6.07) is 2.78. The Balaban J connectivity index is 2.47. The quantitative estimate of drug-likeness (QED) is 0.831. The van der Waals surface area contributed by atoms with E-state index in [2.05, 4.69) is 4.72 Å². The summed E-state index contributed by atoms with van der Waals surface area (Å²) in [5, 5.41) is 0. The second kappa shape index (κ2) is 3.92. The third-order valence-corrected chi connectivity index (χ3v) is 3.55. The van der Waals surface area contributed by atoms with E-state index in [1.807, 2.05) is 0 Å². The Hall–Kier alpha value is -1.21. The molecule has 0 spiro atoms. The highest BCUT2D eigenvalue weighted by atomic mass is 32.2. The number of nitrogens with zero attached hydrogens (tertiary/aromatic N) is 1. The van der Waals surface area contributed by atoms with Crippen LogP contribution in [-0.4, -0.2) is 26.7 Å². The Kier molecular flexibility index (Phi) is 2.82. The van der Waals surface area contributed by atoms with E-state index in [1.165, 1.54) is 12.1 Å². The highest BCUT2D eigenvalue weighted by Crippen LogP contribution is 2.32. The number of hydrogen-bond donors (Lipinski definition) is 1. The fourth-order valence-corrected chi connectivity index (χ4v) is 2.56. The number of halogens is 1. The van der Waals surface area contributed by atoms with Crippen LogP contribution in [0.3, 0.4) is 0 Å². The van der Waals surface area contributed by atoms with Gasteiger partial charge in [-0.25, -0.2) is 12.8 Å². The number of fused-ring (bicyclic) bond motifs is 1. The van der Waals surface area contributed by atoms with Gasteiger partial charge in [-0.05, 0) is 17.7 Å². The highest BCUT2D eigenvalue weighted by molar-refractivity contribution is 7.92. The van der Waals surface area contributed by atoms with Crippen molar-refractivity contribution in [3.63, 3.8) is 0 Å². The molecular weight excluding hydrogens is 263 g/mol. The molecule has 1 N–H and O–H groups in total. The highest BCUT2D eigenvalue weighted by Gasteiger charge is 2.23. The molecule has 92 valence electrons. The molecule has 1 heterocycles. The third kappa shape index (κ3) is 2.39. The summed E-state index contributed by atoms with van der Waals surface area (Å²) in [6.45, 7) is 0. The lowest BCUT2D eigenvalue weighted by molar-refractivity contribution is 0.603. The molecule has 0 unspecified atom stereocenters. The molecule has 2 rings (SSSR count). The first-order valence-electron chi connectivity index (χ1n) is 4.85. The Labute approximate surface area is 104 Å². The maximum atomic E-state index is 13.7. The van der Waals surface area contributed by atoms with E-state index in [9.17, 15) is 12.8 Å². The molecule has 0 atom stereocenters. The molecule has 4 nitrogen and oxygen atoms in total.